The van der Waals surface area contributed by atoms with Gasteiger partial charge in [0.05, 0.1) is 17.7 Å². The minimum atomic E-state index is -0.995. The maximum absolute atomic E-state index is 12.0. The summed E-state index contributed by atoms with van der Waals surface area (Å²) in [6.07, 6.45) is -1.12. The van der Waals surface area contributed by atoms with Gasteiger partial charge in [0.2, 0.25) is 0 Å². The molecule has 1 aromatic rings. The van der Waals surface area contributed by atoms with Crippen molar-refractivity contribution in [1.82, 2.24) is 4.90 Å². The van der Waals surface area contributed by atoms with Gasteiger partial charge in [0.15, 0.2) is 0 Å². The Bertz CT molecular complexity index is 487. The van der Waals surface area contributed by atoms with E-state index in [1.54, 1.807) is 6.92 Å². The summed E-state index contributed by atoms with van der Waals surface area (Å²) in [5, 5.41) is 19.9. The highest BCUT2D eigenvalue weighted by atomic mass is 16.6. The van der Waals surface area contributed by atoms with Crippen LogP contribution in [-0.2, 0) is 11.3 Å². The third kappa shape index (κ3) is 1.81. The third-order valence-electron chi connectivity index (χ3n) is 4.25. The smallest absolute Gasteiger partial charge is 0.410 e. The van der Waals surface area contributed by atoms with Gasteiger partial charge in [-0.2, -0.15) is 0 Å². The van der Waals surface area contributed by atoms with Crippen LogP contribution in [-0.4, -0.2) is 45.5 Å². The summed E-state index contributed by atoms with van der Waals surface area (Å²) in [5.41, 5.74) is -0.0831. The van der Waals surface area contributed by atoms with Crippen molar-refractivity contribution in [3.05, 3.63) is 35.9 Å². The summed E-state index contributed by atoms with van der Waals surface area (Å²) in [6.45, 7) is 2.21. The van der Waals surface area contributed by atoms with Crippen molar-refractivity contribution in [2.24, 2.45) is 5.92 Å². The Hall–Kier alpha value is -1.59. The van der Waals surface area contributed by atoms with Crippen molar-refractivity contribution >= 4 is 6.09 Å². The summed E-state index contributed by atoms with van der Waals surface area (Å²) in [7, 11) is 0. The summed E-state index contributed by atoms with van der Waals surface area (Å²) >= 11 is 0. The first-order valence-electron chi connectivity index (χ1n) is 6.39. The van der Waals surface area contributed by atoms with Crippen LogP contribution in [0.5, 0.6) is 0 Å². The lowest BCUT2D eigenvalue weighted by molar-refractivity contribution is -0.157. The number of carbonyl (C=O) groups excluding carboxylic acids is 1. The van der Waals surface area contributed by atoms with Crippen molar-refractivity contribution in [2.75, 3.05) is 6.54 Å². The van der Waals surface area contributed by atoms with Crippen molar-refractivity contribution in [1.29, 1.82) is 0 Å². The zero-order valence-corrected chi connectivity index (χ0v) is 10.7. The zero-order valence-electron chi connectivity index (χ0n) is 10.7. The van der Waals surface area contributed by atoms with Gasteiger partial charge in [-0.3, -0.25) is 4.90 Å². The van der Waals surface area contributed by atoms with Crippen LogP contribution < -0.4 is 0 Å². The summed E-state index contributed by atoms with van der Waals surface area (Å²) in [6, 6.07) is 8.87. The first kappa shape index (κ1) is 12.4. The summed E-state index contributed by atoms with van der Waals surface area (Å²) in [4.78, 5) is 13.4. The number of benzene rings is 1. The normalized spacial score (nSPS) is 35.9. The Labute approximate surface area is 111 Å². The fourth-order valence-electron chi connectivity index (χ4n) is 3.12. The molecule has 1 aliphatic carbocycles. The lowest BCUT2D eigenvalue weighted by Crippen LogP contribution is -2.65. The van der Waals surface area contributed by atoms with E-state index in [0.29, 0.717) is 6.54 Å². The fourth-order valence-corrected chi connectivity index (χ4v) is 3.12. The van der Waals surface area contributed by atoms with E-state index < -0.39 is 23.8 Å². The van der Waals surface area contributed by atoms with Gasteiger partial charge < -0.3 is 14.9 Å². The minimum absolute atomic E-state index is 0.200. The molecule has 2 bridgehead atoms. The highest BCUT2D eigenvalue weighted by Crippen LogP contribution is 2.49. The average molecular weight is 263 g/mol. The number of hydrogen-bond acceptors (Lipinski definition) is 4. The van der Waals surface area contributed by atoms with Gasteiger partial charge >= 0.3 is 6.09 Å². The fraction of sp³-hybridized carbons (Fsp3) is 0.500. The molecule has 1 aromatic carbocycles. The Kier molecular flexibility index (Phi) is 2.76. The largest absolute Gasteiger partial charge is 0.445 e. The van der Waals surface area contributed by atoms with Crippen LogP contribution in [0.25, 0.3) is 0 Å². The number of carbonyl (C=O) groups is 1. The molecule has 1 saturated carbocycles. The number of hydrogen-bond donors (Lipinski definition) is 2. The van der Waals surface area contributed by atoms with E-state index in [9.17, 15) is 15.0 Å². The molecule has 0 unspecified atom stereocenters. The number of fused-ring (bicyclic) bond motifs is 1. The topological polar surface area (TPSA) is 70.0 Å². The molecule has 0 spiro atoms. The van der Waals surface area contributed by atoms with Crippen LogP contribution >= 0.6 is 0 Å². The number of aliphatic hydroxyl groups is 2. The van der Waals surface area contributed by atoms with Crippen molar-refractivity contribution in [3.8, 4) is 0 Å². The Morgan fingerprint density at radius 1 is 1.47 bits per heavy atom. The van der Waals surface area contributed by atoms with Crippen molar-refractivity contribution < 1.29 is 19.7 Å². The van der Waals surface area contributed by atoms with E-state index in [2.05, 4.69) is 0 Å². The monoisotopic (exact) mass is 263 g/mol. The van der Waals surface area contributed by atoms with E-state index in [1.807, 2.05) is 30.3 Å². The van der Waals surface area contributed by atoms with Crippen LogP contribution in [0.4, 0.5) is 4.79 Å². The van der Waals surface area contributed by atoms with Gasteiger partial charge in [0, 0.05) is 12.5 Å². The molecule has 5 nitrogen and oxygen atoms in total. The standard InChI is InChI=1S/C14H17NO4/c1-14(18)10-7-15(12(14)11(10)16)13(17)19-8-9-5-3-2-4-6-9/h2-6,10-12,16,18H,7-8H2,1H3/t10-,11-,12+,14-/m1/s1. The highest BCUT2D eigenvalue weighted by molar-refractivity contribution is 5.70. The Balaban J connectivity index is 1.61. The van der Waals surface area contributed by atoms with Crippen LogP contribution in [0.1, 0.15) is 12.5 Å². The molecular weight excluding hydrogens is 246 g/mol. The molecule has 4 rings (SSSR count). The van der Waals surface area contributed by atoms with Crippen LogP contribution in [0.3, 0.4) is 0 Å². The lowest BCUT2D eigenvalue weighted by Gasteiger charge is -2.46. The second-order valence-corrected chi connectivity index (χ2v) is 5.46. The summed E-state index contributed by atoms with van der Waals surface area (Å²) in [5.74, 6) is -0.262. The quantitative estimate of drug-likeness (QED) is 0.826. The second kappa shape index (κ2) is 4.21. The molecule has 19 heavy (non-hydrogen) atoms. The molecule has 2 aliphatic heterocycles. The van der Waals surface area contributed by atoms with Crippen LogP contribution in [0, 0.1) is 5.92 Å². The van der Waals surface area contributed by atoms with Crippen LogP contribution in [0.2, 0.25) is 0 Å². The Morgan fingerprint density at radius 2 is 2.16 bits per heavy atom. The lowest BCUT2D eigenvalue weighted by atomic mass is 9.68. The maximum atomic E-state index is 12.0. The number of amides is 1. The van der Waals surface area contributed by atoms with Gasteiger partial charge in [0.1, 0.15) is 6.61 Å². The molecule has 4 atom stereocenters. The van der Waals surface area contributed by atoms with E-state index in [0.717, 1.165) is 5.56 Å². The molecule has 3 fully saturated rings. The number of nitrogens with zero attached hydrogens (tertiary/aromatic N) is 1. The molecular formula is C14H17NO4. The number of aliphatic hydroxyl groups excluding tert-OH is 1. The van der Waals surface area contributed by atoms with Crippen LogP contribution in [0.15, 0.2) is 30.3 Å². The second-order valence-electron chi connectivity index (χ2n) is 5.46. The molecule has 3 aliphatic rings. The van der Waals surface area contributed by atoms with Crippen molar-refractivity contribution in [2.45, 2.75) is 31.3 Å². The van der Waals surface area contributed by atoms with E-state index in [1.165, 1.54) is 4.90 Å². The molecule has 1 amide bonds. The molecule has 2 saturated heterocycles. The average Bonchev–Trinajstić information content (AvgIpc) is 2.91. The van der Waals surface area contributed by atoms with Gasteiger partial charge in [-0.05, 0) is 12.5 Å². The molecule has 2 heterocycles. The number of rotatable bonds is 2. The van der Waals surface area contributed by atoms with Gasteiger partial charge in [-0.15, -0.1) is 0 Å². The van der Waals surface area contributed by atoms with E-state index >= 15 is 0 Å². The van der Waals surface area contributed by atoms with E-state index in [4.69, 9.17) is 4.74 Å². The SMILES string of the molecule is C[C@@]1(O)[C@@H]2CN(C(=O)OCc3ccccc3)[C@H]1[C@@H]2O. The first-order valence-corrected chi connectivity index (χ1v) is 6.39. The van der Waals surface area contributed by atoms with Gasteiger partial charge in [-0.25, -0.2) is 4.79 Å². The van der Waals surface area contributed by atoms with E-state index in [-0.39, 0.29) is 12.5 Å². The summed E-state index contributed by atoms with van der Waals surface area (Å²) < 4.78 is 5.22. The molecule has 102 valence electrons. The van der Waals surface area contributed by atoms with Gasteiger partial charge in [0.25, 0.3) is 0 Å². The minimum Gasteiger partial charge on any atom is -0.445 e. The maximum Gasteiger partial charge on any atom is 0.410 e. The van der Waals surface area contributed by atoms with Gasteiger partial charge in [-0.1, -0.05) is 30.3 Å². The predicted molar refractivity (Wildman–Crippen MR) is 67.2 cm³/mol. The number of ether oxygens (including phenoxy) is 1. The molecule has 0 aromatic heterocycles. The zero-order chi connectivity index (χ0) is 13.6. The highest BCUT2D eigenvalue weighted by Gasteiger charge is 2.68. The van der Waals surface area contributed by atoms with Crippen molar-refractivity contribution in [3.63, 3.8) is 0 Å². The third-order valence-corrected chi connectivity index (χ3v) is 4.25. The molecule has 5 heteroatoms. The molecule has 0 radical (unpaired) electrons. The first-order chi connectivity index (χ1) is 9.01. The predicted octanol–water partition coefficient (Wildman–Crippen LogP) is 0.749. The Morgan fingerprint density at radius 3 is 2.68 bits per heavy atom. The molecule has 2 N–H and O–H groups in total.